The van der Waals surface area contributed by atoms with E-state index in [0.29, 0.717) is 37.5 Å². The van der Waals surface area contributed by atoms with Crippen molar-refractivity contribution in [3.63, 3.8) is 0 Å². The topological polar surface area (TPSA) is 99.2 Å². The molecule has 0 spiro atoms. The van der Waals surface area contributed by atoms with Crippen LogP contribution in [0.25, 0.3) is 0 Å². The quantitative estimate of drug-likeness (QED) is 0.713. The number of halogens is 1. The molecule has 2 aliphatic rings. The molecule has 1 aromatic carbocycles. The summed E-state index contributed by atoms with van der Waals surface area (Å²) in [5.74, 6) is -0.482. The Morgan fingerprint density at radius 1 is 1.21 bits per heavy atom. The number of carbonyl (C=O) groups excluding carboxylic acids is 2. The summed E-state index contributed by atoms with van der Waals surface area (Å²) in [4.78, 5) is 26.8. The third-order valence-corrected chi connectivity index (χ3v) is 6.83. The van der Waals surface area contributed by atoms with E-state index in [9.17, 15) is 14.9 Å². The Morgan fingerprint density at radius 3 is 2.59 bits per heavy atom. The highest BCUT2D eigenvalue weighted by Gasteiger charge is 2.41. The van der Waals surface area contributed by atoms with Crippen molar-refractivity contribution in [1.82, 2.24) is 10.2 Å². The smallest absolute Gasteiger partial charge is 0.223 e. The minimum absolute atomic E-state index is 0.183. The zero-order valence-corrected chi connectivity index (χ0v) is 17.5. The van der Waals surface area contributed by atoms with Crippen molar-refractivity contribution >= 4 is 23.4 Å². The van der Waals surface area contributed by atoms with Crippen molar-refractivity contribution in [3.05, 3.63) is 34.9 Å². The van der Waals surface area contributed by atoms with E-state index < -0.39 is 11.0 Å². The SMILES string of the molecule is N#CC1(NC(=O)CCC2(C(N)=O)CCCCC2)CCN(Cc2ccccc2Cl)C1. The molecule has 0 radical (unpaired) electrons. The summed E-state index contributed by atoms with van der Waals surface area (Å²) < 4.78 is 0. The number of nitrogens with zero attached hydrogens (tertiary/aromatic N) is 2. The lowest BCUT2D eigenvalue weighted by Crippen LogP contribution is -2.50. The maximum Gasteiger partial charge on any atom is 0.223 e. The van der Waals surface area contributed by atoms with Crippen molar-refractivity contribution in [2.24, 2.45) is 11.1 Å². The molecule has 1 saturated heterocycles. The molecule has 3 rings (SSSR count). The van der Waals surface area contributed by atoms with Gasteiger partial charge in [0, 0.05) is 36.5 Å². The zero-order valence-electron chi connectivity index (χ0n) is 16.8. The summed E-state index contributed by atoms with van der Waals surface area (Å²) in [6.45, 7) is 1.81. The van der Waals surface area contributed by atoms with Crippen LogP contribution in [0, 0.1) is 16.7 Å². The summed E-state index contributed by atoms with van der Waals surface area (Å²) in [6, 6.07) is 9.97. The molecule has 7 heteroatoms. The maximum atomic E-state index is 12.6. The van der Waals surface area contributed by atoms with E-state index in [4.69, 9.17) is 17.3 Å². The first kappa shape index (κ1) is 21.6. The molecule has 1 saturated carbocycles. The van der Waals surface area contributed by atoms with E-state index in [2.05, 4.69) is 16.3 Å². The molecule has 3 N–H and O–H groups in total. The second-order valence-electron chi connectivity index (χ2n) is 8.50. The van der Waals surface area contributed by atoms with Gasteiger partial charge in [-0.15, -0.1) is 0 Å². The van der Waals surface area contributed by atoms with Crippen LogP contribution in [0.1, 0.15) is 56.9 Å². The van der Waals surface area contributed by atoms with Gasteiger partial charge >= 0.3 is 0 Å². The standard InChI is InChI=1S/C22H29ClN4O2/c23-18-7-3-2-6-17(18)14-27-13-12-22(15-24,16-27)26-19(28)8-11-21(20(25)29)9-4-1-5-10-21/h2-3,6-7H,1,4-5,8-14,16H2,(H2,25,29)(H,26,28). The molecule has 1 heterocycles. The molecule has 1 atom stereocenters. The molecule has 0 bridgehead atoms. The van der Waals surface area contributed by atoms with Gasteiger partial charge in [0.05, 0.1) is 6.07 Å². The first-order valence-corrected chi connectivity index (χ1v) is 10.7. The Bertz CT molecular complexity index is 800. The Morgan fingerprint density at radius 2 is 1.93 bits per heavy atom. The number of rotatable bonds is 7. The largest absolute Gasteiger partial charge is 0.369 e. The first-order chi connectivity index (χ1) is 13.9. The molecule has 156 valence electrons. The van der Waals surface area contributed by atoms with Crippen LogP contribution in [0.5, 0.6) is 0 Å². The lowest BCUT2D eigenvalue weighted by molar-refractivity contribution is -0.131. The normalized spacial score (nSPS) is 24.0. The van der Waals surface area contributed by atoms with Crippen molar-refractivity contribution in [1.29, 1.82) is 5.26 Å². The number of amides is 2. The second-order valence-corrected chi connectivity index (χ2v) is 8.91. The van der Waals surface area contributed by atoms with Crippen LogP contribution in [-0.4, -0.2) is 35.3 Å². The minimum atomic E-state index is -0.898. The predicted molar refractivity (Wildman–Crippen MR) is 112 cm³/mol. The number of primary amides is 1. The van der Waals surface area contributed by atoms with Gasteiger partial charge in [-0.2, -0.15) is 5.26 Å². The molecule has 2 fully saturated rings. The number of hydrogen-bond donors (Lipinski definition) is 2. The van der Waals surface area contributed by atoms with E-state index in [1.807, 2.05) is 24.3 Å². The lowest BCUT2D eigenvalue weighted by Gasteiger charge is -2.34. The number of nitriles is 1. The fraction of sp³-hybridized carbons (Fsp3) is 0.591. The van der Waals surface area contributed by atoms with Gasteiger partial charge in [0.2, 0.25) is 11.8 Å². The predicted octanol–water partition coefficient (Wildman–Crippen LogP) is 3.14. The Balaban J connectivity index is 1.56. The molecule has 6 nitrogen and oxygen atoms in total. The van der Waals surface area contributed by atoms with Crippen LogP contribution in [0.4, 0.5) is 0 Å². The lowest BCUT2D eigenvalue weighted by atomic mass is 9.70. The molecular formula is C22H29ClN4O2. The van der Waals surface area contributed by atoms with Crippen LogP contribution < -0.4 is 11.1 Å². The highest BCUT2D eigenvalue weighted by Crippen LogP contribution is 2.40. The van der Waals surface area contributed by atoms with Gasteiger partial charge in [-0.25, -0.2) is 0 Å². The number of nitrogens with one attached hydrogen (secondary N) is 1. The van der Waals surface area contributed by atoms with Crippen LogP contribution in [0.2, 0.25) is 5.02 Å². The van der Waals surface area contributed by atoms with Gasteiger partial charge in [-0.1, -0.05) is 49.1 Å². The average molecular weight is 417 g/mol. The maximum absolute atomic E-state index is 12.6. The zero-order chi connectivity index (χ0) is 20.9. The number of hydrogen-bond acceptors (Lipinski definition) is 4. The van der Waals surface area contributed by atoms with Crippen molar-refractivity contribution in [2.75, 3.05) is 13.1 Å². The van der Waals surface area contributed by atoms with Gasteiger partial charge in [-0.05, 0) is 37.3 Å². The number of likely N-dealkylation sites (tertiary alicyclic amines) is 1. The van der Waals surface area contributed by atoms with Gasteiger partial charge < -0.3 is 11.1 Å². The van der Waals surface area contributed by atoms with Gasteiger partial charge in [0.1, 0.15) is 5.54 Å². The summed E-state index contributed by atoms with van der Waals surface area (Å²) in [7, 11) is 0. The summed E-state index contributed by atoms with van der Waals surface area (Å²) in [5, 5.41) is 13.4. The minimum Gasteiger partial charge on any atom is -0.369 e. The van der Waals surface area contributed by atoms with Crippen LogP contribution in [0.3, 0.4) is 0 Å². The van der Waals surface area contributed by atoms with E-state index in [1.165, 1.54) is 0 Å². The second kappa shape index (κ2) is 9.15. The number of nitrogens with two attached hydrogens (primary N) is 1. The third-order valence-electron chi connectivity index (χ3n) is 6.46. The fourth-order valence-electron chi connectivity index (χ4n) is 4.64. The van der Waals surface area contributed by atoms with E-state index in [1.54, 1.807) is 0 Å². The monoisotopic (exact) mass is 416 g/mol. The molecule has 1 aliphatic carbocycles. The van der Waals surface area contributed by atoms with E-state index in [-0.39, 0.29) is 18.2 Å². The van der Waals surface area contributed by atoms with Crippen LogP contribution >= 0.6 is 11.6 Å². The van der Waals surface area contributed by atoms with Crippen LogP contribution in [-0.2, 0) is 16.1 Å². The highest BCUT2D eigenvalue weighted by atomic mass is 35.5. The van der Waals surface area contributed by atoms with E-state index in [0.717, 1.165) is 37.7 Å². The van der Waals surface area contributed by atoms with E-state index >= 15 is 0 Å². The van der Waals surface area contributed by atoms with Gasteiger partial charge in [0.15, 0.2) is 0 Å². The summed E-state index contributed by atoms with van der Waals surface area (Å²) >= 11 is 6.25. The number of carbonyl (C=O) groups is 2. The molecule has 1 unspecified atom stereocenters. The molecule has 2 amide bonds. The Hall–Kier alpha value is -2.10. The Kier molecular flexibility index (Phi) is 6.81. The summed E-state index contributed by atoms with van der Waals surface area (Å²) in [6.07, 6.45) is 5.82. The molecule has 1 aliphatic heterocycles. The highest BCUT2D eigenvalue weighted by molar-refractivity contribution is 6.31. The van der Waals surface area contributed by atoms with Gasteiger partial charge in [0.25, 0.3) is 0 Å². The summed E-state index contributed by atoms with van der Waals surface area (Å²) in [5.41, 5.74) is 5.21. The van der Waals surface area contributed by atoms with Crippen LogP contribution in [0.15, 0.2) is 24.3 Å². The molecule has 0 aromatic heterocycles. The fourth-order valence-corrected chi connectivity index (χ4v) is 4.84. The molecule has 1 aromatic rings. The molecule has 29 heavy (non-hydrogen) atoms. The van der Waals surface area contributed by atoms with Gasteiger partial charge in [-0.3, -0.25) is 14.5 Å². The van der Waals surface area contributed by atoms with Crippen molar-refractivity contribution < 1.29 is 9.59 Å². The van der Waals surface area contributed by atoms with Crippen molar-refractivity contribution in [2.45, 2.75) is 63.5 Å². The Labute approximate surface area is 177 Å². The molecular weight excluding hydrogens is 388 g/mol. The third kappa shape index (κ3) is 5.09. The number of benzene rings is 1. The average Bonchev–Trinajstić information content (AvgIpc) is 3.12. The van der Waals surface area contributed by atoms with Crippen molar-refractivity contribution in [3.8, 4) is 6.07 Å². The first-order valence-electron chi connectivity index (χ1n) is 10.4.